The summed E-state index contributed by atoms with van der Waals surface area (Å²) < 4.78 is 37.3. The fraction of sp³-hybridized carbons (Fsp3) is 0.0769. The summed E-state index contributed by atoms with van der Waals surface area (Å²) >= 11 is 1.05. The van der Waals surface area contributed by atoms with Gasteiger partial charge in [0, 0.05) is 22.3 Å². The number of anilines is 1. The number of nitrogen functional groups attached to an aromatic ring is 1. The average molecular weight is 313 g/mol. The summed E-state index contributed by atoms with van der Waals surface area (Å²) in [5, 5.41) is 0.330. The van der Waals surface area contributed by atoms with Crippen LogP contribution < -0.4 is 11.5 Å². The molecule has 21 heavy (non-hydrogen) atoms. The highest BCUT2D eigenvalue weighted by Gasteiger charge is 2.30. The third kappa shape index (κ3) is 3.66. The van der Waals surface area contributed by atoms with E-state index in [-0.39, 0.29) is 5.56 Å². The first kappa shape index (κ1) is 15.2. The van der Waals surface area contributed by atoms with Crippen LogP contribution in [0, 0.1) is 0 Å². The smallest absolute Gasteiger partial charge is 0.398 e. The number of rotatable bonds is 3. The van der Waals surface area contributed by atoms with Crippen LogP contribution >= 0.6 is 11.8 Å². The van der Waals surface area contributed by atoms with Crippen LogP contribution in [0.25, 0.3) is 0 Å². The quantitative estimate of drug-likeness (QED) is 0.854. The molecule has 1 aromatic carbocycles. The van der Waals surface area contributed by atoms with E-state index < -0.39 is 17.6 Å². The van der Waals surface area contributed by atoms with Gasteiger partial charge in [0.25, 0.3) is 0 Å². The monoisotopic (exact) mass is 313 g/mol. The summed E-state index contributed by atoms with van der Waals surface area (Å²) in [5.74, 6) is -0.614. The van der Waals surface area contributed by atoms with Gasteiger partial charge in [0.1, 0.15) is 5.03 Å². The van der Waals surface area contributed by atoms with Crippen LogP contribution in [-0.2, 0) is 6.18 Å². The molecule has 0 aliphatic rings. The molecular formula is C13H10F3N3OS. The molecule has 110 valence electrons. The summed E-state index contributed by atoms with van der Waals surface area (Å²) in [6, 6.07) is 6.63. The SMILES string of the molecule is NC(=O)c1ccc(N)c(Sc2ccc(C(F)(F)F)cn2)c1. The van der Waals surface area contributed by atoms with Crippen LogP contribution in [-0.4, -0.2) is 10.9 Å². The van der Waals surface area contributed by atoms with E-state index in [1.165, 1.54) is 24.3 Å². The Morgan fingerprint density at radius 1 is 1.19 bits per heavy atom. The van der Waals surface area contributed by atoms with E-state index in [0.29, 0.717) is 15.6 Å². The van der Waals surface area contributed by atoms with Crippen molar-refractivity contribution in [2.24, 2.45) is 5.73 Å². The van der Waals surface area contributed by atoms with Gasteiger partial charge in [-0.3, -0.25) is 4.79 Å². The van der Waals surface area contributed by atoms with Gasteiger partial charge in [-0.05, 0) is 30.3 Å². The molecule has 0 spiro atoms. The number of halogens is 3. The molecular weight excluding hydrogens is 303 g/mol. The Morgan fingerprint density at radius 3 is 2.43 bits per heavy atom. The first-order valence-electron chi connectivity index (χ1n) is 5.68. The number of nitrogens with two attached hydrogens (primary N) is 2. The minimum atomic E-state index is -4.43. The largest absolute Gasteiger partial charge is 0.417 e. The Morgan fingerprint density at radius 2 is 1.90 bits per heavy atom. The predicted molar refractivity (Wildman–Crippen MR) is 72.7 cm³/mol. The molecule has 0 radical (unpaired) electrons. The molecule has 0 bridgehead atoms. The lowest BCUT2D eigenvalue weighted by atomic mass is 10.2. The summed E-state index contributed by atoms with van der Waals surface area (Å²) in [6.45, 7) is 0. The van der Waals surface area contributed by atoms with Crippen LogP contribution in [0.5, 0.6) is 0 Å². The third-order valence-corrected chi connectivity index (χ3v) is 3.60. The van der Waals surface area contributed by atoms with Gasteiger partial charge >= 0.3 is 6.18 Å². The topological polar surface area (TPSA) is 82.0 Å². The zero-order chi connectivity index (χ0) is 15.6. The fourth-order valence-corrected chi connectivity index (χ4v) is 2.34. The van der Waals surface area contributed by atoms with E-state index in [1.54, 1.807) is 0 Å². The third-order valence-electron chi connectivity index (χ3n) is 2.58. The first-order valence-corrected chi connectivity index (χ1v) is 6.49. The maximum atomic E-state index is 12.4. The van der Waals surface area contributed by atoms with Crippen molar-refractivity contribution in [3.05, 3.63) is 47.7 Å². The van der Waals surface area contributed by atoms with E-state index in [2.05, 4.69) is 4.98 Å². The summed E-state index contributed by atoms with van der Waals surface area (Å²) in [7, 11) is 0. The van der Waals surface area contributed by atoms with Gasteiger partial charge in [-0.2, -0.15) is 13.2 Å². The minimum absolute atomic E-state index is 0.263. The Hall–Kier alpha value is -2.22. The number of aromatic nitrogens is 1. The van der Waals surface area contributed by atoms with E-state index in [9.17, 15) is 18.0 Å². The van der Waals surface area contributed by atoms with Gasteiger partial charge in [-0.15, -0.1) is 0 Å². The van der Waals surface area contributed by atoms with Crippen molar-refractivity contribution in [2.75, 3.05) is 5.73 Å². The number of carbonyl (C=O) groups excluding carboxylic acids is 1. The maximum absolute atomic E-state index is 12.4. The van der Waals surface area contributed by atoms with Crippen molar-refractivity contribution in [1.82, 2.24) is 4.98 Å². The van der Waals surface area contributed by atoms with Crippen LogP contribution in [0.15, 0.2) is 46.5 Å². The molecule has 0 unspecified atom stereocenters. The molecule has 2 aromatic rings. The average Bonchev–Trinajstić information content (AvgIpc) is 2.40. The lowest BCUT2D eigenvalue weighted by molar-refractivity contribution is -0.137. The highest BCUT2D eigenvalue weighted by atomic mass is 32.2. The van der Waals surface area contributed by atoms with E-state index in [1.807, 2.05) is 0 Å². The number of amides is 1. The number of benzene rings is 1. The molecule has 1 aromatic heterocycles. The Bertz CT molecular complexity index is 671. The number of hydrogen-bond donors (Lipinski definition) is 2. The molecule has 0 atom stereocenters. The molecule has 2 rings (SSSR count). The molecule has 8 heteroatoms. The number of hydrogen-bond acceptors (Lipinski definition) is 4. The van der Waals surface area contributed by atoms with Crippen LogP contribution in [0.1, 0.15) is 15.9 Å². The molecule has 4 nitrogen and oxygen atoms in total. The van der Waals surface area contributed by atoms with Crippen molar-refractivity contribution < 1.29 is 18.0 Å². The Kier molecular flexibility index (Phi) is 4.08. The first-order chi connectivity index (χ1) is 9.77. The molecule has 0 aliphatic carbocycles. The van der Waals surface area contributed by atoms with Crippen molar-refractivity contribution in [3.8, 4) is 0 Å². The molecule has 0 saturated heterocycles. The van der Waals surface area contributed by atoms with E-state index in [0.717, 1.165) is 24.0 Å². The van der Waals surface area contributed by atoms with Crippen molar-refractivity contribution in [1.29, 1.82) is 0 Å². The zero-order valence-corrected chi connectivity index (χ0v) is 11.3. The maximum Gasteiger partial charge on any atom is 0.417 e. The molecule has 4 N–H and O–H groups in total. The second-order valence-corrected chi connectivity index (χ2v) is 5.16. The molecule has 1 heterocycles. The molecule has 0 saturated carbocycles. The number of carbonyl (C=O) groups is 1. The van der Waals surface area contributed by atoms with Gasteiger partial charge in [-0.1, -0.05) is 11.8 Å². The highest BCUT2D eigenvalue weighted by molar-refractivity contribution is 7.99. The Labute approximate surface area is 122 Å². The van der Waals surface area contributed by atoms with Crippen LogP contribution in [0.4, 0.5) is 18.9 Å². The van der Waals surface area contributed by atoms with Gasteiger partial charge in [0.05, 0.1) is 5.56 Å². The van der Waals surface area contributed by atoms with Gasteiger partial charge in [-0.25, -0.2) is 4.98 Å². The number of primary amides is 1. The summed E-state index contributed by atoms with van der Waals surface area (Å²) in [4.78, 5) is 15.3. The van der Waals surface area contributed by atoms with Gasteiger partial charge in [0.2, 0.25) is 5.91 Å². The number of alkyl halides is 3. The fourth-order valence-electron chi connectivity index (χ4n) is 1.50. The molecule has 1 amide bonds. The van der Waals surface area contributed by atoms with Crippen molar-refractivity contribution >= 4 is 23.4 Å². The van der Waals surface area contributed by atoms with Gasteiger partial charge < -0.3 is 11.5 Å². The summed E-state index contributed by atoms with van der Waals surface area (Å²) in [6.07, 6.45) is -3.68. The second-order valence-electron chi connectivity index (χ2n) is 4.10. The lowest BCUT2D eigenvalue weighted by Crippen LogP contribution is -2.11. The number of pyridine rings is 1. The molecule has 0 aliphatic heterocycles. The molecule has 0 fully saturated rings. The van der Waals surface area contributed by atoms with Crippen molar-refractivity contribution in [2.45, 2.75) is 16.1 Å². The normalized spacial score (nSPS) is 11.4. The van der Waals surface area contributed by atoms with Crippen LogP contribution in [0.2, 0.25) is 0 Å². The summed E-state index contributed by atoms with van der Waals surface area (Å²) in [5.41, 5.74) is 10.7. The van der Waals surface area contributed by atoms with E-state index in [4.69, 9.17) is 11.5 Å². The van der Waals surface area contributed by atoms with E-state index >= 15 is 0 Å². The lowest BCUT2D eigenvalue weighted by Gasteiger charge is -2.08. The van der Waals surface area contributed by atoms with Gasteiger partial charge in [0.15, 0.2) is 0 Å². The Balaban J connectivity index is 2.26. The second kappa shape index (κ2) is 5.65. The highest BCUT2D eigenvalue weighted by Crippen LogP contribution is 2.34. The van der Waals surface area contributed by atoms with Crippen LogP contribution in [0.3, 0.4) is 0 Å². The number of nitrogens with zero attached hydrogens (tertiary/aromatic N) is 1. The predicted octanol–water partition coefficient (Wildman–Crippen LogP) is 2.93. The minimum Gasteiger partial charge on any atom is -0.398 e. The van der Waals surface area contributed by atoms with Crippen molar-refractivity contribution in [3.63, 3.8) is 0 Å². The standard InChI is InChI=1S/C13H10F3N3OS/c14-13(15,16)8-2-4-11(19-6-8)21-10-5-7(12(18)20)1-3-9(10)17/h1-6H,17H2,(H2,18,20). The zero-order valence-electron chi connectivity index (χ0n) is 10.5.